The van der Waals surface area contributed by atoms with Crippen LogP contribution in [0.5, 0.6) is 0 Å². The molecule has 96 valence electrons. The summed E-state index contributed by atoms with van der Waals surface area (Å²) in [4.78, 5) is 0. The Morgan fingerprint density at radius 2 is 2.18 bits per heavy atom. The topological polar surface area (TPSA) is 12.0 Å². The first-order valence-electron chi connectivity index (χ1n) is 5.92. The van der Waals surface area contributed by atoms with Crippen molar-refractivity contribution < 1.29 is 4.39 Å². The Hall–Kier alpha value is -0.250. The van der Waals surface area contributed by atoms with E-state index in [0.717, 1.165) is 30.0 Å². The second kappa shape index (κ2) is 7.96. The monoisotopic (exact) mass is 275 g/mol. The van der Waals surface area contributed by atoms with Crippen molar-refractivity contribution >= 4 is 23.4 Å². The van der Waals surface area contributed by atoms with Crippen LogP contribution in [0.15, 0.2) is 18.2 Å². The molecule has 0 amide bonds. The molecule has 0 aliphatic carbocycles. The summed E-state index contributed by atoms with van der Waals surface area (Å²) in [5.74, 6) is 1.90. The lowest BCUT2D eigenvalue weighted by Crippen LogP contribution is -2.33. The van der Waals surface area contributed by atoms with Gasteiger partial charge in [-0.15, -0.1) is 0 Å². The van der Waals surface area contributed by atoms with E-state index in [9.17, 15) is 4.39 Å². The SMILES string of the molecule is CCNC(CSCC)Cc1cc(F)ccc1Cl. The van der Waals surface area contributed by atoms with Gasteiger partial charge >= 0.3 is 0 Å². The Balaban J connectivity index is 2.67. The van der Waals surface area contributed by atoms with E-state index in [1.165, 1.54) is 12.1 Å². The molecule has 1 rings (SSSR count). The van der Waals surface area contributed by atoms with Crippen LogP contribution in [-0.4, -0.2) is 24.1 Å². The van der Waals surface area contributed by atoms with E-state index in [-0.39, 0.29) is 5.82 Å². The first-order chi connectivity index (χ1) is 8.17. The molecule has 0 aliphatic heterocycles. The average Bonchev–Trinajstić information content (AvgIpc) is 2.31. The fraction of sp³-hybridized carbons (Fsp3) is 0.538. The summed E-state index contributed by atoms with van der Waals surface area (Å²) in [6, 6.07) is 4.91. The normalized spacial score (nSPS) is 12.7. The first kappa shape index (κ1) is 14.8. The average molecular weight is 276 g/mol. The van der Waals surface area contributed by atoms with Gasteiger partial charge in [0, 0.05) is 16.8 Å². The maximum absolute atomic E-state index is 13.2. The van der Waals surface area contributed by atoms with Crippen LogP contribution in [0.1, 0.15) is 19.4 Å². The molecule has 0 bridgehead atoms. The van der Waals surface area contributed by atoms with E-state index in [4.69, 9.17) is 11.6 Å². The quantitative estimate of drug-likeness (QED) is 0.813. The number of hydrogen-bond donors (Lipinski definition) is 1. The molecule has 0 saturated heterocycles. The second-order valence-corrected chi connectivity index (χ2v) is 5.58. The highest BCUT2D eigenvalue weighted by molar-refractivity contribution is 7.99. The van der Waals surface area contributed by atoms with Crippen LogP contribution in [-0.2, 0) is 6.42 Å². The predicted molar refractivity (Wildman–Crippen MR) is 75.6 cm³/mol. The van der Waals surface area contributed by atoms with Gasteiger partial charge in [0.15, 0.2) is 0 Å². The Bertz CT molecular complexity index is 346. The van der Waals surface area contributed by atoms with Crippen LogP contribution in [0.2, 0.25) is 5.02 Å². The molecule has 4 heteroatoms. The molecule has 17 heavy (non-hydrogen) atoms. The number of halogens is 2. The Kier molecular flexibility index (Phi) is 6.93. The van der Waals surface area contributed by atoms with Gasteiger partial charge in [0.1, 0.15) is 5.82 Å². The van der Waals surface area contributed by atoms with Crippen molar-refractivity contribution in [2.24, 2.45) is 0 Å². The molecule has 0 radical (unpaired) electrons. The van der Waals surface area contributed by atoms with Gasteiger partial charge in [0.25, 0.3) is 0 Å². The molecule has 0 aliphatic rings. The third-order valence-electron chi connectivity index (χ3n) is 2.49. The van der Waals surface area contributed by atoms with Crippen molar-refractivity contribution in [3.8, 4) is 0 Å². The molecular formula is C13H19ClFNS. The van der Waals surface area contributed by atoms with Gasteiger partial charge in [-0.25, -0.2) is 4.39 Å². The zero-order valence-corrected chi connectivity index (χ0v) is 11.9. The number of likely N-dealkylation sites (N-methyl/N-ethyl adjacent to an activating group) is 1. The van der Waals surface area contributed by atoms with Crippen LogP contribution in [0.25, 0.3) is 0 Å². The van der Waals surface area contributed by atoms with E-state index in [0.29, 0.717) is 11.1 Å². The Labute approximate surface area is 112 Å². The molecule has 1 nitrogen and oxygen atoms in total. The van der Waals surface area contributed by atoms with E-state index < -0.39 is 0 Å². The molecule has 0 aromatic heterocycles. The number of hydrogen-bond acceptors (Lipinski definition) is 2. The summed E-state index contributed by atoms with van der Waals surface area (Å²) in [5.41, 5.74) is 0.884. The number of benzene rings is 1. The molecule has 0 spiro atoms. The minimum Gasteiger partial charge on any atom is -0.313 e. The minimum atomic E-state index is -0.220. The van der Waals surface area contributed by atoms with Crippen LogP contribution in [0.3, 0.4) is 0 Å². The van der Waals surface area contributed by atoms with Crippen molar-refractivity contribution in [2.75, 3.05) is 18.1 Å². The molecule has 1 aromatic carbocycles. The van der Waals surface area contributed by atoms with E-state index >= 15 is 0 Å². The highest BCUT2D eigenvalue weighted by Gasteiger charge is 2.11. The van der Waals surface area contributed by atoms with Gasteiger partial charge < -0.3 is 5.32 Å². The highest BCUT2D eigenvalue weighted by atomic mass is 35.5. The summed E-state index contributed by atoms with van der Waals surface area (Å²) in [6.45, 7) is 5.14. The lowest BCUT2D eigenvalue weighted by atomic mass is 10.1. The molecule has 1 N–H and O–H groups in total. The maximum Gasteiger partial charge on any atom is 0.123 e. The first-order valence-corrected chi connectivity index (χ1v) is 7.45. The van der Waals surface area contributed by atoms with Crippen molar-refractivity contribution in [1.29, 1.82) is 0 Å². The summed E-state index contributed by atoms with van der Waals surface area (Å²) in [6.07, 6.45) is 0.775. The Morgan fingerprint density at radius 3 is 2.82 bits per heavy atom. The molecule has 0 saturated carbocycles. The molecule has 1 unspecified atom stereocenters. The Morgan fingerprint density at radius 1 is 1.41 bits per heavy atom. The smallest absolute Gasteiger partial charge is 0.123 e. The van der Waals surface area contributed by atoms with Gasteiger partial charge in [-0.2, -0.15) is 11.8 Å². The standard InChI is InChI=1S/C13H19ClFNS/c1-3-16-12(9-17-4-2)8-10-7-11(15)5-6-13(10)14/h5-7,12,16H,3-4,8-9H2,1-2H3. The van der Waals surface area contributed by atoms with E-state index in [1.54, 1.807) is 6.07 Å². The number of thioether (sulfide) groups is 1. The second-order valence-electron chi connectivity index (χ2n) is 3.85. The van der Waals surface area contributed by atoms with Crippen LogP contribution in [0.4, 0.5) is 4.39 Å². The van der Waals surface area contributed by atoms with Crippen LogP contribution in [0, 0.1) is 5.82 Å². The van der Waals surface area contributed by atoms with Gasteiger partial charge in [-0.1, -0.05) is 25.4 Å². The largest absolute Gasteiger partial charge is 0.313 e. The maximum atomic E-state index is 13.2. The van der Waals surface area contributed by atoms with E-state index in [2.05, 4.69) is 19.2 Å². The fourth-order valence-electron chi connectivity index (χ4n) is 1.70. The van der Waals surface area contributed by atoms with Gasteiger partial charge in [-0.3, -0.25) is 0 Å². The van der Waals surface area contributed by atoms with Crippen LogP contribution >= 0.6 is 23.4 Å². The summed E-state index contributed by atoms with van der Waals surface area (Å²) in [5, 5.41) is 4.06. The van der Waals surface area contributed by atoms with Gasteiger partial charge in [0.05, 0.1) is 0 Å². The molecule has 1 atom stereocenters. The van der Waals surface area contributed by atoms with Crippen molar-refractivity contribution in [1.82, 2.24) is 5.32 Å². The van der Waals surface area contributed by atoms with Crippen molar-refractivity contribution in [3.63, 3.8) is 0 Å². The molecule has 0 fully saturated rings. The lowest BCUT2D eigenvalue weighted by Gasteiger charge is -2.18. The third kappa shape index (κ3) is 5.28. The van der Waals surface area contributed by atoms with E-state index in [1.807, 2.05) is 11.8 Å². The minimum absolute atomic E-state index is 0.220. The van der Waals surface area contributed by atoms with Gasteiger partial charge in [0.2, 0.25) is 0 Å². The predicted octanol–water partition coefficient (Wildman–Crippen LogP) is 3.75. The molecule has 1 aromatic rings. The summed E-state index contributed by atoms with van der Waals surface area (Å²) in [7, 11) is 0. The zero-order valence-electron chi connectivity index (χ0n) is 10.3. The molecular weight excluding hydrogens is 257 g/mol. The van der Waals surface area contributed by atoms with Crippen molar-refractivity contribution in [3.05, 3.63) is 34.6 Å². The van der Waals surface area contributed by atoms with Crippen molar-refractivity contribution in [2.45, 2.75) is 26.3 Å². The lowest BCUT2D eigenvalue weighted by molar-refractivity contribution is 0.568. The summed E-state index contributed by atoms with van der Waals surface area (Å²) >= 11 is 7.96. The highest BCUT2D eigenvalue weighted by Crippen LogP contribution is 2.19. The van der Waals surface area contributed by atoms with Crippen LogP contribution < -0.4 is 5.32 Å². The number of nitrogens with one attached hydrogen (secondary N) is 1. The molecule has 0 heterocycles. The zero-order chi connectivity index (χ0) is 12.7. The fourth-order valence-corrected chi connectivity index (χ4v) is 2.65. The number of rotatable bonds is 7. The van der Waals surface area contributed by atoms with Gasteiger partial charge in [-0.05, 0) is 42.5 Å². The third-order valence-corrected chi connectivity index (χ3v) is 3.91. The summed E-state index contributed by atoms with van der Waals surface area (Å²) < 4.78 is 13.2.